The molecule has 0 saturated heterocycles. The molecular weight excluding hydrogens is 246 g/mol. The van der Waals surface area contributed by atoms with Gasteiger partial charge in [0, 0.05) is 17.5 Å². The summed E-state index contributed by atoms with van der Waals surface area (Å²) in [5, 5.41) is 3.73. The topological polar surface area (TPSA) is 12.0 Å². The molecule has 17 heavy (non-hydrogen) atoms. The second-order valence-corrected chi connectivity index (χ2v) is 6.68. The zero-order chi connectivity index (χ0) is 12.1. The van der Waals surface area contributed by atoms with Crippen molar-refractivity contribution in [3.05, 3.63) is 35.4 Å². The summed E-state index contributed by atoms with van der Waals surface area (Å²) in [6.45, 7) is 3.45. The van der Waals surface area contributed by atoms with Gasteiger partial charge in [-0.05, 0) is 35.6 Å². The quantitative estimate of drug-likeness (QED) is 0.876. The number of rotatable bonds is 5. The van der Waals surface area contributed by atoms with Gasteiger partial charge in [-0.3, -0.25) is 0 Å². The summed E-state index contributed by atoms with van der Waals surface area (Å²) in [4.78, 5) is 0. The first-order valence-electron chi connectivity index (χ1n) is 6.19. The Morgan fingerprint density at radius 2 is 2.29 bits per heavy atom. The van der Waals surface area contributed by atoms with Gasteiger partial charge in [0.1, 0.15) is 0 Å². The lowest BCUT2D eigenvalue weighted by Crippen LogP contribution is -2.30. The molecule has 0 aromatic heterocycles. The molecule has 0 radical (unpaired) electrons. The summed E-state index contributed by atoms with van der Waals surface area (Å²) < 4.78 is 0. The summed E-state index contributed by atoms with van der Waals surface area (Å²) in [6.07, 6.45) is 2.18. The highest BCUT2D eigenvalue weighted by molar-refractivity contribution is 7.98. The molecule has 2 unspecified atom stereocenters. The molecule has 2 rings (SSSR count). The molecule has 0 bridgehead atoms. The average molecular weight is 267 g/mol. The first-order valence-corrected chi connectivity index (χ1v) is 8.74. The van der Waals surface area contributed by atoms with E-state index >= 15 is 0 Å². The maximum atomic E-state index is 3.73. The Balaban J connectivity index is 1.94. The van der Waals surface area contributed by atoms with Crippen molar-refractivity contribution in [3.63, 3.8) is 0 Å². The van der Waals surface area contributed by atoms with Gasteiger partial charge in [-0.15, -0.1) is 0 Å². The van der Waals surface area contributed by atoms with Crippen molar-refractivity contribution in [1.82, 2.24) is 5.32 Å². The molecule has 1 aromatic carbocycles. The SMILES string of the molecule is CSCC(C)CNC1CSCc2ccccc21. The Kier molecular flexibility index (Phi) is 5.26. The van der Waals surface area contributed by atoms with Crippen LogP contribution in [0.3, 0.4) is 0 Å². The summed E-state index contributed by atoms with van der Waals surface area (Å²) in [7, 11) is 0. The third-order valence-corrected chi connectivity index (χ3v) is 5.12. The standard InChI is InChI=1S/C14H21NS2/c1-11(8-16-2)7-15-14-10-17-9-12-5-3-4-6-13(12)14/h3-6,11,14-15H,7-10H2,1-2H3. The minimum Gasteiger partial charge on any atom is -0.309 e. The average Bonchev–Trinajstić information content (AvgIpc) is 2.36. The van der Waals surface area contributed by atoms with E-state index in [0.29, 0.717) is 6.04 Å². The molecule has 1 aliphatic rings. The molecule has 0 fully saturated rings. The molecule has 0 amide bonds. The van der Waals surface area contributed by atoms with Crippen molar-refractivity contribution in [2.24, 2.45) is 5.92 Å². The van der Waals surface area contributed by atoms with Crippen LogP contribution in [0.1, 0.15) is 24.1 Å². The molecule has 3 heteroatoms. The summed E-state index contributed by atoms with van der Waals surface area (Å²) in [5.74, 6) is 4.38. The molecule has 0 saturated carbocycles. The molecule has 94 valence electrons. The Bertz CT molecular complexity index is 354. The van der Waals surface area contributed by atoms with Crippen molar-refractivity contribution >= 4 is 23.5 Å². The fraction of sp³-hybridized carbons (Fsp3) is 0.571. The van der Waals surface area contributed by atoms with Crippen LogP contribution in [0.2, 0.25) is 0 Å². The van der Waals surface area contributed by atoms with E-state index in [2.05, 4.69) is 42.8 Å². The van der Waals surface area contributed by atoms with Gasteiger partial charge in [0.05, 0.1) is 0 Å². The van der Waals surface area contributed by atoms with Crippen LogP contribution in [0.5, 0.6) is 0 Å². The van der Waals surface area contributed by atoms with E-state index in [-0.39, 0.29) is 0 Å². The normalized spacial score (nSPS) is 20.9. The molecular formula is C14H21NS2. The largest absolute Gasteiger partial charge is 0.309 e. The van der Waals surface area contributed by atoms with Crippen molar-refractivity contribution < 1.29 is 0 Å². The second-order valence-electron chi connectivity index (χ2n) is 4.74. The van der Waals surface area contributed by atoms with Crippen molar-refractivity contribution in [2.45, 2.75) is 18.7 Å². The zero-order valence-electron chi connectivity index (χ0n) is 10.6. The maximum absolute atomic E-state index is 3.73. The van der Waals surface area contributed by atoms with E-state index in [4.69, 9.17) is 0 Å². The van der Waals surface area contributed by atoms with Crippen LogP contribution < -0.4 is 5.32 Å². The van der Waals surface area contributed by atoms with Gasteiger partial charge in [-0.1, -0.05) is 31.2 Å². The highest BCUT2D eigenvalue weighted by Crippen LogP contribution is 2.31. The molecule has 0 aliphatic carbocycles. The van der Waals surface area contributed by atoms with Crippen LogP contribution in [-0.4, -0.2) is 24.3 Å². The van der Waals surface area contributed by atoms with Gasteiger partial charge in [-0.25, -0.2) is 0 Å². The molecule has 1 heterocycles. The Labute approximate surface area is 113 Å². The second kappa shape index (κ2) is 6.72. The van der Waals surface area contributed by atoms with E-state index < -0.39 is 0 Å². The lowest BCUT2D eigenvalue weighted by Gasteiger charge is -2.27. The van der Waals surface area contributed by atoms with Gasteiger partial charge in [0.15, 0.2) is 0 Å². The fourth-order valence-electron chi connectivity index (χ4n) is 2.24. The minimum atomic E-state index is 0.550. The van der Waals surface area contributed by atoms with Crippen LogP contribution >= 0.6 is 23.5 Å². The highest BCUT2D eigenvalue weighted by Gasteiger charge is 2.19. The van der Waals surface area contributed by atoms with E-state index in [1.54, 1.807) is 0 Å². The van der Waals surface area contributed by atoms with Gasteiger partial charge in [0.25, 0.3) is 0 Å². The van der Waals surface area contributed by atoms with Crippen molar-refractivity contribution in [2.75, 3.05) is 24.3 Å². The number of benzene rings is 1. The third-order valence-electron chi connectivity index (χ3n) is 3.14. The molecule has 0 spiro atoms. The smallest absolute Gasteiger partial charge is 0.0415 e. The molecule has 1 aromatic rings. The molecule has 2 atom stereocenters. The lowest BCUT2D eigenvalue weighted by molar-refractivity contribution is 0.502. The fourth-order valence-corrected chi connectivity index (χ4v) is 4.06. The van der Waals surface area contributed by atoms with Gasteiger partial charge in [-0.2, -0.15) is 23.5 Å². The first-order chi connectivity index (χ1) is 8.31. The third kappa shape index (κ3) is 3.67. The predicted molar refractivity (Wildman–Crippen MR) is 80.9 cm³/mol. The van der Waals surface area contributed by atoms with E-state index in [1.807, 2.05) is 23.5 Å². The number of hydrogen-bond acceptors (Lipinski definition) is 3. The van der Waals surface area contributed by atoms with Crippen LogP contribution in [0, 0.1) is 5.92 Å². The van der Waals surface area contributed by atoms with Crippen LogP contribution in [-0.2, 0) is 5.75 Å². The number of hydrogen-bond donors (Lipinski definition) is 1. The molecule has 1 aliphatic heterocycles. The van der Waals surface area contributed by atoms with E-state index in [0.717, 1.165) is 12.5 Å². The van der Waals surface area contributed by atoms with Crippen LogP contribution in [0.15, 0.2) is 24.3 Å². The molecule has 1 N–H and O–H groups in total. The van der Waals surface area contributed by atoms with Crippen LogP contribution in [0.25, 0.3) is 0 Å². The zero-order valence-corrected chi connectivity index (χ0v) is 12.2. The maximum Gasteiger partial charge on any atom is 0.0415 e. The first kappa shape index (κ1) is 13.3. The van der Waals surface area contributed by atoms with E-state index in [9.17, 15) is 0 Å². The number of nitrogens with one attached hydrogen (secondary N) is 1. The minimum absolute atomic E-state index is 0.550. The van der Waals surface area contributed by atoms with E-state index in [1.165, 1.54) is 28.4 Å². The molecule has 1 nitrogen and oxygen atoms in total. The highest BCUT2D eigenvalue weighted by atomic mass is 32.2. The Morgan fingerprint density at radius 3 is 3.12 bits per heavy atom. The number of thioether (sulfide) groups is 2. The summed E-state index contributed by atoms with van der Waals surface area (Å²) in [5.41, 5.74) is 3.03. The predicted octanol–water partition coefficient (Wildman–Crippen LogP) is 3.56. The Morgan fingerprint density at radius 1 is 1.47 bits per heavy atom. The lowest BCUT2D eigenvalue weighted by atomic mass is 10.0. The van der Waals surface area contributed by atoms with Crippen molar-refractivity contribution in [3.8, 4) is 0 Å². The van der Waals surface area contributed by atoms with Crippen LogP contribution in [0.4, 0.5) is 0 Å². The van der Waals surface area contributed by atoms with Gasteiger partial charge >= 0.3 is 0 Å². The van der Waals surface area contributed by atoms with Gasteiger partial charge in [0.2, 0.25) is 0 Å². The van der Waals surface area contributed by atoms with Crippen molar-refractivity contribution in [1.29, 1.82) is 0 Å². The number of fused-ring (bicyclic) bond motifs is 1. The Hall–Kier alpha value is -0.120. The summed E-state index contributed by atoms with van der Waals surface area (Å²) in [6, 6.07) is 9.41. The monoisotopic (exact) mass is 267 g/mol. The van der Waals surface area contributed by atoms with Gasteiger partial charge < -0.3 is 5.32 Å². The summed E-state index contributed by atoms with van der Waals surface area (Å²) >= 11 is 3.98.